The number of aromatic nitrogens is 2. The molecule has 0 bridgehead atoms. The lowest BCUT2D eigenvalue weighted by Crippen LogP contribution is -2.37. The minimum Gasteiger partial charge on any atom is -0.352 e. The first-order valence-electron chi connectivity index (χ1n) is 5.60. The molecule has 1 N–H and O–H groups in total. The topological polar surface area (TPSA) is 75.2 Å². The van der Waals surface area contributed by atoms with Crippen LogP contribution in [-0.2, 0) is 4.79 Å². The maximum atomic E-state index is 12.1. The largest absolute Gasteiger partial charge is 0.352 e. The number of hydrogen-bond donors (Lipinski definition) is 1. The molecule has 1 unspecified atom stereocenters. The Kier molecular flexibility index (Phi) is 3.76. The molecule has 1 saturated heterocycles. The minimum absolute atomic E-state index is 0.0126. The second-order valence-electron chi connectivity index (χ2n) is 4.16. The van der Waals surface area contributed by atoms with Crippen molar-refractivity contribution in [2.45, 2.75) is 19.4 Å². The van der Waals surface area contributed by atoms with E-state index in [0.717, 1.165) is 6.42 Å². The molecule has 96 valence electrons. The highest BCUT2D eigenvalue weighted by Crippen LogP contribution is 2.13. The van der Waals surface area contributed by atoms with Crippen LogP contribution in [-0.4, -0.2) is 45.8 Å². The van der Waals surface area contributed by atoms with E-state index in [-0.39, 0.29) is 28.7 Å². The summed E-state index contributed by atoms with van der Waals surface area (Å²) in [6.07, 6.45) is 3.52. The molecule has 1 fully saturated rings. The third kappa shape index (κ3) is 2.95. The summed E-state index contributed by atoms with van der Waals surface area (Å²) in [5, 5.41) is 2.99. The summed E-state index contributed by atoms with van der Waals surface area (Å²) < 4.78 is 0. The van der Waals surface area contributed by atoms with Crippen molar-refractivity contribution in [1.82, 2.24) is 20.2 Å². The molecule has 6 nitrogen and oxygen atoms in total. The van der Waals surface area contributed by atoms with Crippen molar-refractivity contribution in [2.24, 2.45) is 0 Å². The highest BCUT2D eigenvalue weighted by molar-refractivity contribution is 6.29. The first-order valence-corrected chi connectivity index (χ1v) is 5.98. The van der Waals surface area contributed by atoms with E-state index < -0.39 is 0 Å². The van der Waals surface area contributed by atoms with E-state index in [1.165, 1.54) is 19.3 Å². The van der Waals surface area contributed by atoms with Crippen molar-refractivity contribution < 1.29 is 9.59 Å². The fourth-order valence-electron chi connectivity index (χ4n) is 1.96. The SMILES string of the molecule is CC(=O)NC1CCN(C(=O)c2cncc(Cl)n2)C1. The van der Waals surface area contributed by atoms with E-state index in [1.807, 2.05) is 0 Å². The summed E-state index contributed by atoms with van der Waals surface area (Å²) in [5.74, 6) is -0.297. The number of carbonyl (C=O) groups excluding carboxylic acids is 2. The third-order valence-corrected chi connectivity index (χ3v) is 2.89. The van der Waals surface area contributed by atoms with Crippen LogP contribution in [0.4, 0.5) is 0 Å². The van der Waals surface area contributed by atoms with Crippen molar-refractivity contribution in [2.75, 3.05) is 13.1 Å². The van der Waals surface area contributed by atoms with E-state index in [2.05, 4.69) is 15.3 Å². The second kappa shape index (κ2) is 5.30. The minimum atomic E-state index is -0.210. The molecule has 1 atom stereocenters. The second-order valence-corrected chi connectivity index (χ2v) is 4.55. The Morgan fingerprint density at radius 1 is 1.50 bits per heavy atom. The number of rotatable bonds is 2. The Bertz CT molecular complexity index is 480. The highest BCUT2D eigenvalue weighted by Gasteiger charge is 2.28. The van der Waals surface area contributed by atoms with Gasteiger partial charge in [-0.25, -0.2) is 4.98 Å². The lowest BCUT2D eigenvalue weighted by atomic mass is 10.2. The molecule has 0 spiro atoms. The Morgan fingerprint density at radius 3 is 2.94 bits per heavy atom. The van der Waals surface area contributed by atoms with E-state index >= 15 is 0 Å². The van der Waals surface area contributed by atoms with Gasteiger partial charge in [-0.2, -0.15) is 0 Å². The summed E-state index contributed by atoms with van der Waals surface area (Å²) >= 11 is 5.69. The smallest absolute Gasteiger partial charge is 0.274 e. The summed E-state index contributed by atoms with van der Waals surface area (Å²) in [5.41, 5.74) is 0.228. The van der Waals surface area contributed by atoms with Gasteiger partial charge in [0.2, 0.25) is 5.91 Å². The average molecular weight is 269 g/mol. The summed E-state index contributed by atoms with van der Waals surface area (Å²) in [4.78, 5) is 32.4. The van der Waals surface area contributed by atoms with Crippen molar-refractivity contribution >= 4 is 23.4 Å². The summed E-state index contributed by atoms with van der Waals surface area (Å²) in [6.45, 7) is 2.55. The van der Waals surface area contributed by atoms with Gasteiger partial charge in [-0.05, 0) is 6.42 Å². The zero-order chi connectivity index (χ0) is 13.1. The fraction of sp³-hybridized carbons (Fsp3) is 0.455. The Hall–Kier alpha value is -1.69. The van der Waals surface area contributed by atoms with Crippen LogP contribution in [0.15, 0.2) is 12.4 Å². The Balaban J connectivity index is 2.01. The van der Waals surface area contributed by atoms with Gasteiger partial charge in [0.15, 0.2) is 0 Å². The summed E-state index contributed by atoms with van der Waals surface area (Å²) in [6, 6.07) is 0.0126. The Morgan fingerprint density at radius 2 is 2.28 bits per heavy atom. The molecule has 0 radical (unpaired) electrons. The quantitative estimate of drug-likeness (QED) is 0.847. The standard InChI is InChI=1S/C11H13ClN4O2/c1-7(17)14-8-2-3-16(6-8)11(18)9-4-13-5-10(12)15-9/h4-5,8H,2-3,6H2,1H3,(H,14,17). The molecule has 7 heteroatoms. The van der Waals surface area contributed by atoms with Crippen molar-refractivity contribution in [3.63, 3.8) is 0 Å². The number of nitrogens with one attached hydrogen (secondary N) is 1. The van der Waals surface area contributed by atoms with Gasteiger partial charge in [-0.1, -0.05) is 11.6 Å². The molecular weight excluding hydrogens is 256 g/mol. The van der Waals surface area contributed by atoms with Crippen molar-refractivity contribution in [3.8, 4) is 0 Å². The van der Waals surface area contributed by atoms with Crippen LogP contribution in [0.3, 0.4) is 0 Å². The van der Waals surface area contributed by atoms with Crippen molar-refractivity contribution in [3.05, 3.63) is 23.2 Å². The molecule has 0 aliphatic carbocycles. The van der Waals surface area contributed by atoms with Crippen LogP contribution < -0.4 is 5.32 Å². The third-order valence-electron chi connectivity index (χ3n) is 2.71. The molecular formula is C11H13ClN4O2. The van der Waals surface area contributed by atoms with Gasteiger partial charge >= 0.3 is 0 Å². The van der Waals surface area contributed by atoms with Gasteiger partial charge in [0.1, 0.15) is 10.8 Å². The predicted octanol–water partition coefficient (Wildman–Crippen LogP) is 0.481. The molecule has 18 heavy (non-hydrogen) atoms. The van der Waals surface area contributed by atoms with Gasteiger partial charge in [-0.15, -0.1) is 0 Å². The highest BCUT2D eigenvalue weighted by atomic mass is 35.5. The number of carbonyl (C=O) groups is 2. The van der Waals surface area contributed by atoms with Gasteiger partial charge in [0.05, 0.1) is 12.4 Å². The lowest BCUT2D eigenvalue weighted by Gasteiger charge is -2.16. The van der Waals surface area contributed by atoms with Crippen LogP contribution >= 0.6 is 11.6 Å². The summed E-state index contributed by atoms with van der Waals surface area (Å²) in [7, 11) is 0. The molecule has 2 heterocycles. The molecule has 0 aromatic carbocycles. The molecule has 1 aliphatic rings. The normalized spacial score (nSPS) is 18.8. The first-order chi connectivity index (χ1) is 8.56. The van der Waals surface area contributed by atoms with Gasteiger partial charge in [0.25, 0.3) is 5.91 Å². The van der Waals surface area contributed by atoms with Crippen LogP contribution in [0.25, 0.3) is 0 Å². The molecule has 1 aliphatic heterocycles. The average Bonchev–Trinajstić information content (AvgIpc) is 2.75. The Labute approximate surface area is 109 Å². The zero-order valence-electron chi connectivity index (χ0n) is 9.89. The molecule has 1 aromatic rings. The first kappa shape index (κ1) is 12.8. The van der Waals surface area contributed by atoms with Gasteiger partial charge < -0.3 is 10.2 Å². The fourth-order valence-corrected chi connectivity index (χ4v) is 2.10. The zero-order valence-corrected chi connectivity index (χ0v) is 10.6. The van der Waals surface area contributed by atoms with Crippen molar-refractivity contribution in [1.29, 1.82) is 0 Å². The number of halogens is 1. The van der Waals surface area contributed by atoms with E-state index in [0.29, 0.717) is 13.1 Å². The molecule has 2 amide bonds. The predicted molar refractivity (Wildman–Crippen MR) is 65.2 cm³/mol. The number of likely N-dealkylation sites (tertiary alicyclic amines) is 1. The maximum absolute atomic E-state index is 12.1. The van der Waals surface area contributed by atoms with E-state index in [9.17, 15) is 9.59 Å². The van der Waals surface area contributed by atoms with Crippen LogP contribution in [0.5, 0.6) is 0 Å². The van der Waals surface area contributed by atoms with Crippen LogP contribution in [0.2, 0.25) is 5.15 Å². The molecule has 0 saturated carbocycles. The maximum Gasteiger partial charge on any atom is 0.274 e. The number of amides is 2. The number of nitrogens with zero attached hydrogens (tertiary/aromatic N) is 3. The van der Waals surface area contributed by atoms with Gasteiger partial charge in [-0.3, -0.25) is 14.6 Å². The molecule has 2 rings (SSSR count). The lowest BCUT2D eigenvalue weighted by molar-refractivity contribution is -0.119. The number of hydrogen-bond acceptors (Lipinski definition) is 4. The van der Waals surface area contributed by atoms with Gasteiger partial charge in [0, 0.05) is 26.1 Å². The van der Waals surface area contributed by atoms with E-state index in [4.69, 9.17) is 11.6 Å². The monoisotopic (exact) mass is 268 g/mol. The van der Waals surface area contributed by atoms with E-state index in [1.54, 1.807) is 4.90 Å². The molecule has 1 aromatic heterocycles. The van der Waals surface area contributed by atoms with Crippen LogP contribution in [0.1, 0.15) is 23.8 Å². The van der Waals surface area contributed by atoms with Crippen LogP contribution in [0, 0.1) is 0 Å².